The van der Waals surface area contributed by atoms with E-state index in [-0.39, 0.29) is 11.9 Å². The van der Waals surface area contributed by atoms with Crippen LogP contribution in [0.25, 0.3) is 0 Å². The molecule has 1 amide bonds. The predicted molar refractivity (Wildman–Crippen MR) is 69.6 cm³/mol. The van der Waals surface area contributed by atoms with Crippen LogP contribution in [-0.2, 0) is 9.53 Å². The fourth-order valence-corrected chi connectivity index (χ4v) is 2.27. The Hall–Kier alpha value is -0.690. The minimum absolute atomic E-state index is 0.0591. The van der Waals surface area contributed by atoms with Crippen LogP contribution >= 0.6 is 0 Å². The molecule has 0 bridgehead atoms. The number of hydrogen-bond acceptors (Lipinski definition) is 5. The lowest BCUT2D eigenvalue weighted by Gasteiger charge is -2.32. The van der Waals surface area contributed by atoms with Crippen LogP contribution in [0.5, 0.6) is 0 Å². The van der Waals surface area contributed by atoms with Crippen molar-refractivity contribution in [3.8, 4) is 0 Å². The highest BCUT2D eigenvalue weighted by Crippen LogP contribution is 1.98. The second kappa shape index (κ2) is 7.04. The van der Waals surface area contributed by atoms with Crippen molar-refractivity contribution in [2.24, 2.45) is 0 Å². The topological polar surface area (TPSA) is 56.8 Å². The highest BCUT2D eigenvalue weighted by Gasteiger charge is 2.21. The molecular weight excluding hydrogens is 232 g/mol. The Morgan fingerprint density at radius 1 is 1.39 bits per heavy atom. The largest absolute Gasteiger partial charge is 0.378 e. The van der Waals surface area contributed by atoms with E-state index in [4.69, 9.17) is 4.74 Å². The van der Waals surface area contributed by atoms with Gasteiger partial charge in [-0.1, -0.05) is 0 Å². The summed E-state index contributed by atoms with van der Waals surface area (Å²) in [5.41, 5.74) is 0. The summed E-state index contributed by atoms with van der Waals surface area (Å²) in [7, 11) is 2.15. The van der Waals surface area contributed by atoms with E-state index in [1.165, 1.54) is 0 Å². The molecule has 2 rings (SSSR count). The molecule has 2 aliphatic rings. The highest BCUT2D eigenvalue weighted by atomic mass is 16.5. The number of carbonyl (C=O) groups excluding carboxylic acids is 1. The van der Waals surface area contributed by atoms with Crippen molar-refractivity contribution >= 4 is 5.91 Å². The molecule has 0 aromatic heterocycles. The summed E-state index contributed by atoms with van der Waals surface area (Å²) in [5, 5.41) is 6.13. The van der Waals surface area contributed by atoms with Crippen molar-refractivity contribution in [1.29, 1.82) is 0 Å². The second-order valence-corrected chi connectivity index (χ2v) is 5.02. The summed E-state index contributed by atoms with van der Waals surface area (Å²) in [6.07, 6.45) is 0. The van der Waals surface area contributed by atoms with Gasteiger partial charge in [-0.15, -0.1) is 0 Å². The number of ether oxygens (including phenoxy) is 1. The molecule has 6 nitrogen and oxygen atoms in total. The van der Waals surface area contributed by atoms with E-state index >= 15 is 0 Å². The number of rotatable bonds is 4. The first kappa shape index (κ1) is 13.7. The molecule has 0 spiro atoms. The van der Waals surface area contributed by atoms with E-state index < -0.39 is 0 Å². The van der Waals surface area contributed by atoms with Gasteiger partial charge < -0.3 is 20.3 Å². The van der Waals surface area contributed by atoms with Gasteiger partial charge in [-0.05, 0) is 7.05 Å². The summed E-state index contributed by atoms with van der Waals surface area (Å²) in [4.78, 5) is 16.5. The molecule has 0 aromatic rings. The minimum Gasteiger partial charge on any atom is -0.378 e. The number of morpholine rings is 1. The minimum atomic E-state index is -0.175. The lowest BCUT2D eigenvalue weighted by atomic mass is 10.2. The quantitative estimate of drug-likeness (QED) is 0.630. The van der Waals surface area contributed by atoms with Crippen molar-refractivity contribution in [2.75, 3.05) is 66.1 Å². The summed E-state index contributed by atoms with van der Waals surface area (Å²) in [6, 6.07) is -0.175. The van der Waals surface area contributed by atoms with Crippen LogP contribution in [0.3, 0.4) is 0 Å². The molecule has 6 heteroatoms. The maximum absolute atomic E-state index is 11.8. The van der Waals surface area contributed by atoms with Crippen molar-refractivity contribution in [3.05, 3.63) is 0 Å². The van der Waals surface area contributed by atoms with E-state index in [9.17, 15) is 4.79 Å². The zero-order valence-electron chi connectivity index (χ0n) is 11.2. The van der Waals surface area contributed by atoms with E-state index in [0.29, 0.717) is 13.2 Å². The van der Waals surface area contributed by atoms with Crippen molar-refractivity contribution < 1.29 is 9.53 Å². The Labute approximate surface area is 109 Å². The molecular formula is C12H24N4O2. The fraction of sp³-hybridized carbons (Fsp3) is 0.917. The predicted octanol–water partition coefficient (Wildman–Crippen LogP) is -1.66. The van der Waals surface area contributed by atoms with Gasteiger partial charge in [0.25, 0.3) is 0 Å². The van der Waals surface area contributed by atoms with Crippen LogP contribution in [0.2, 0.25) is 0 Å². The van der Waals surface area contributed by atoms with Crippen molar-refractivity contribution in [2.45, 2.75) is 6.04 Å². The van der Waals surface area contributed by atoms with Crippen LogP contribution in [0.15, 0.2) is 0 Å². The molecule has 2 fully saturated rings. The fourth-order valence-electron chi connectivity index (χ4n) is 2.27. The molecule has 104 valence electrons. The second-order valence-electron chi connectivity index (χ2n) is 5.02. The maximum atomic E-state index is 11.8. The van der Waals surface area contributed by atoms with Crippen LogP contribution in [-0.4, -0.2) is 87.8 Å². The summed E-state index contributed by atoms with van der Waals surface area (Å²) in [6.45, 7) is 8.03. The van der Waals surface area contributed by atoms with Gasteiger partial charge in [-0.2, -0.15) is 0 Å². The van der Waals surface area contributed by atoms with E-state index in [1.807, 2.05) is 0 Å². The van der Waals surface area contributed by atoms with Gasteiger partial charge >= 0.3 is 0 Å². The number of amides is 1. The third-order valence-electron chi connectivity index (χ3n) is 3.56. The van der Waals surface area contributed by atoms with Gasteiger partial charge in [0.15, 0.2) is 0 Å². The molecule has 18 heavy (non-hydrogen) atoms. The Morgan fingerprint density at radius 2 is 2.17 bits per heavy atom. The van der Waals surface area contributed by atoms with Crippen LogP contribution < -0.4 is 10.6 Å². The molecule has 2 N–H and O–H groups in total. The van der Waals surface area contributed by atoms with Crippen LogP contribution in [0, 0.1) is 0 Å². The smallest absolute Gasteiger partial charge is 0.239 e. The van der Waals surface area contributed by atoms with Crippen molar-refractivity contribution in [3.63, 3.8) is 0 Å². The average molecular weight is 256 g/mol. The Bertz CT molecular complexity index is 261. The van der Waals surface area contributed by atoms with Crippen LogP contribution in [0.4, 0.5) is 0 Å². The van der Waals surface area contributed by atoms with Gasteiger partial charge in [0.1, 0.15) is 6.04 Å². The summed E-state index contributed by atoms with van der Waals surface area (Å²) >= 11 is 0. The van der Waals surface area contributed by atoms with Gasteiger partial charge in [-0.3, -0.25) is 9.69 Å². The van der Waals surface area contributed by atoms with E-state index in [0.717, 1.165) is 45.8 Å². The number of nitrogens with zero attached hydrogens (tertiary/aromatic N) is 2. The van der Waals surface area contributed by atoms with Gasteiger partial charge in [0.2, 0.25) is 5.91 Å². The van der Waals surface area contributed by atoms with Gasteiger partial charge in [0, 0.05) is 45.8 Å². The number of hydrogen-bond donors (Lipinski definition) is 2. The number of piperazine rings is 1. The number of likely N-dealkylation sites (N-methyl/N-ethyl adjacent to an activating group) is 1. The average Bonchev–Trinajstić information content (AvgIpc) is 2.42. The molecule has 2 heterocycles. The monoisotopic (exact) mass is 256 g/mol. The first-order valence-corrected chi connectivity index (χ1v) is 6.75. The first-order valence-electron chi connectivity index (χ1n) is 6.75. The Morgan fingerprint density at radius 3 is 2.83 bits per heavy atom. The lowest BCUT2D eigenvalue weighted by molar-refractivity contribution is -0.125. The Kier molecular flexibility index (Phi) is 5.37. The normalized spacial score (nSPS) is 27.1. The third-order valence-corrected chi connectivity index (χ3v) is 3.56. The lowest BCUT2D eigenvalue weighted by Crippen LogP contribution is -2.53. The molecule has 0 aromatic carbocycles. The molecule has 0 aliphatic carbocycles. The summed E-state index contributed by atoms with van der Waals surface area (Å²) < 4.78 is 5.27. The van der Waals surface area contributed by atoms with E-state index in [1.54, 1.807) is 0 Å². The third kappa shape index (κ3) is 4.20. The van der Waals surface area contributed by atoms with Gasteiger partial charge in [-0.25, -0.2) is 0 Å². The molecule has 0 radical (unpaired) electrons. The standard InChI is InChI=1S/C12H24N4O2/c1-15-5-7-16(8-6-15)4-2-14-12(17)11-10-18-9-3-13-11/h11,13H,2-10H2,1H3,(H,14,17). The number of carbonyl (C=O) groups is 1. The Balaban J connectivity index is 1.58. The highest BCUT2D eigenvalue weighted by molar-refractivity contribution is 5.81. The zero-order chi connectivity index (χ0) is 12.8. The zero-order valence-corrected chi connectivity index (χ0v) is 11.2. The molecule has 2 saturated heterocycles. The molecule has 0 saturated carbocycles. The SMILES string of the molecule is CN1CCN(CCNC(=O)C2COCCN2)CC1. The van der Waals surface area contributed by atoms with Crippen molar-refractivity contribution in [1.82, 2.24) is 20.4 Å². The van der Waals surface area contributed by atoms with Gasteiger partial charge in [0.05, 0.1) is 13.2 Å². The number of nitrogens with one attached hydrogen (secondary N) is 2. The molecule has 2 aliphatic heterocycles. The summed E-state index contributed by atoms with van der Waals surface area (Å²) in [5.74, 6) is 0.0591. The maximum Gasteiger partial charge on any atom is 0.239 e. The molecule has 1 atom stereocenters. The van der Waals surface area contributed by atoms with E-state index in [2.05, 4.69) is 27.5 Å². The first-order chi connectivity index (χ1) is 8.75. The van der Waals surface area contributed by atoms with Crippen LogP contribution in [0.1, 0.15) is 0 Å². The molecule has 1 unspecified atom stereocenters.